The average molecular weight is 238 g/mol. The molecule has 0 aromatic carbocycles. The summed E-state index contributed by atoms with van der Waals surface area (Å²) in [5.74, 6) is 0. The number of nitrogens with one attached hydrogen (secondary N) is 1. The molecular formula is C13H22N2S. The Morgan fingerprint density at radius 3 is 2.88 bits per heavy atom. The molecule has 0 spiro atoms. The molecule has 0 radical (unpaired) electrons. The van der Waals surface area contributed by atoms with E-state index in [-0.39, 0.29) is 0 Å². The molecule has 2 nitrogen and oxygen atoms in total. The van der Waals surface area contributed by atoms with Crippen molar-refractivity contribution in [2.45, 2.75) is 32.7 Å². The Morgan fingerprint density at radius 2 is 2.19 bits per heavy atom. The highest BCUT2D eigenvalue weighted by Gasteiger charge is 2.09. The van der Waals surface area contributed by atoms with Crippen molar-refractivity contribution < 1.29 is 0 Å². The van der Waals surface area contributed by atoms with Gasteiger partial charge in [-0.25, -0.2) is 0 Å². The molecule has 2 rings (SSSR count). The van der Waals surface area contributed by atoms with Gasteiger partial charge in [0.05, 0.1) is 0 Å². The van der Waals surface area contributed by atoms with Gasteiger partial charge in [0.1, 0.15) is 0 Å². The van der Waals surface area contributed by atoms with Crippen LogP contribution in [0.3, 0.4) is 0 Å². The maximum Gasteiger partial charge on any atom is 0.0302 e. The zero-order valence-electron chi connectivity index (χ0n) is 10.2. The minimum atomic E-state index is 1.05. The van der Waals surface area contributed by atoms with Crippen LogP contribution in [0, 0.1) is 6.92 Å². The Morgan fingerprint density at radius 1 is 1.38 bits per heavy atom. The molecule has 0 atom stereocenters. The van der Waals surface area contributed by atoms with Gasteiger partial charge >= 0.3 is 0 Å². The summed E-state index contributed by atoms with van der Waals surface area (Å²) in [6.45, 7) is 8.31. The van der Waals surface area contributed by atoms with Gasteiger partial charge in [-0.15, -0.1) is 11.3 Å². The molecule has 0 saturated carbocycles. The van der Waals surface area contributed by atoms with E-state index in [0.717, 1.165) is 13.1 Å². The lowest BCUT2D eigenvalue weighted by Gasteiger charge is -2.14. The van der Waals surface area contributed by atoms with Gasteiger partial charge in [-0.3, -0.25) is 0 Å². The summed E-state index contributed by atoms with van der Waals surface area (Å²) in [5.41, 5.74) is 1.43. The predicted molar refractivity (Wildman–Crippen MR) is 71.1 cm³/mol. The standard InChI is InChI=1S/C13H22N2S/c1-12-5-10-16-13(12)11-14-6-4-9-15-7-2-3-8-15/h5,10,14H,2-4,6-9,11H2,1H3. The predicted octanol–water partition coefficient (Wildman–Crippen LogP) is 2.63. The third-order valence-corrected chi connectivity index (χ3v) is 4.30. The number of likely N-dealkylation sites (tertiary alicyclic amines) is 1. The van der Waals surface area contributed by atoms with Crippen molar-refractivity contribution in [3.05, 3.63) is 21.9 Å². The molecule has 3 heteroatoms. The zero-order chi connectivity index (χ0) is 11.2. The number of rotatable bonds is 6. The first kappa shape index (κ1) is 12.1. The lowest BCUT2D eigenvalue weighted by molar-refractivity contribution is 0.331. The Labute approximate surface area is 103 Å². The molecule has 1 aromatic heterocycles. The second kappa shape index (κ2) is 6.38. The number of hydrogen-bond donors (Lipinski definition) is 1. The van der Waals surface area contributed by atoms with Gasteiger partial charge in [-0.1, -0.05) is 0 Å². The summed E-state index contributed by atoms with van der Waals surface area (Å²) in [6.07, 6.45) is 4.09. The first-order valence-corrected chi connectivity index (χ1v) is 7.20. The maximum atomic E-state index is 3.54. The SMILES string of the molecule is Cc1ccsc1CNCCCN1CCCC1. The monoisotopic (exact) mass is 238 g/mol. The molecule has 2 heterocycles. The Balaban J connectivity index is 1.53. The molecule has 16 heavy (non-hydrogen) atoms. The molecule has 1 aromatic rings. The summed E-state index contributed by atoms with van der Waals surface area (Å²) in [4.78, 5) is 4.07. The Kier molecular flexibility index (Phi) is 4.82. The van der Waals surface area contributed by atoms with Crippen LogP contribution in [0.25, 0.3) is 0 Å². The van der Waals surface area contributed by atoms with E-state index in [4.69, 9.17) is 0 Å². The smallest absolute Gasteiger partial charge is 0.0302 e. The second-order valence-corrected chi connectivity index (χ2v) is 5.61. The molecule has 1 saturated heterocycles. The van der Waals surface area contributed by atoms with Gasteiger partial charge in [-0.2, -0.15) is 0 Å². The van der Waals surface area contributed by atoms with Gasteiger partial charge in [0.25, 0.3) is 0 Å². The molecule has 90 valence electrons. The van der Waals surface area contributed by atoms with E-state index in [9.17, 15) is 0 Å². The van der Waals surface area contributed by atoms with Gasteiger partial charge in [-0.05, 0) is 69.4 Å². The van der Waals surface area contributed by atoms with Crippen molar-refractivity contribution in [3.8, 4) is 0 Å². The van der Waals surface area contributed by atoms with Crippen LogP contribution in [-0.2, 0) is 6.54 Å². The number of aryl methyl sites for hydroxylation is 1. The number of hydrogen-bond acceptors (Lipinski definition) is 3. The van der Waals surface area contributed by atoms with E-state index < -0.39 is 0 Å². The molecular weight excluding hydrogens is 216 g/mol. The van der Waals surface area contributed by atoms with Crippen LogP contribution in [0.15, 0.2) is 11.4 Å². The molecule has 1 N–H and O–H groups in total. The van der Waals surface area contributed by atoms with Crippen LogP contribution in [0.5, 0.6) is 0 Å². The van der Waals surface area contributed by atoms with Crippen molar-refractivity contribution in [2.24, 2.45) is 0 Å². The Hall–Kier alpha value is -0.380. The van der Waals surface area contributed by atoms with E-state index in [2.05, 4.69) is 28.6 Å². The van der Waals surface area contributed by atoms with Crippen molar-refractivity contribution in [2.75, 3.05) is 26.2 Å². The highest BCUT2D eigenvalue weighted by Crippen LogP contribution is 2.14. The van der Waals surface area contributed by atoms with E-state index >= 15 is 0 Å². The van der Waals surface area contributed by atoms with Crippen LogP contribution in [0.4, 0.5) is 0 Å². The normalized spacial score (nSPS) is 17.1. The summed E-state index contributed by atoms with van der Waals surface area (Å²) < 4.78 is 0. The van der Waals surface area contributed by atoms with Crippen LogP contribution in [0.1, 0.15) is 29.7 Å². The highest BCUT2D eigenvalue weighted by molar-refractivity contribution is 7.10. The molecule has 1 fully saturated rings. The lowest BCUT2D eigenvalue weighted by Crippen LogP contribution is -2.24. The van der Waals surface area contributed by atoms with Crippen molar-refractivity contribution in [3.63, 3.8) is 0 Å². The fraction of sp³-hybridized carbons (Fsp3) is 0.692. The maximum absolute atomic E-state index is 3.54. The summed E-state index contributed by atoms with van der Waals surface area (Å²) in [5, 5.41) is 5.71. The van der Waals surface area contributed by atoms with E-state index in [0.29, 0.717) is 0 Å². The minimum absolute atomic E-state index is 1.05. The second-order valence-electron chi connectivity index (χ2n) is 4.61. The quantitative estimate of drug-likeness (QED) is 0.767. The highest BCUT2D eigenvalue weighted by atomic mass is 32.1. The van der Waals surface area contributed by atoms with Crippen molar-refractivity contribution >= 4 is 11.3 Å². The number of nitrogens with zero attached hydrogens (tertiary/aromatic N) is 1. The summed E-state index contributed by atoms with van der Waals surface area (Å²) in [7, 11) is 0. The first-order valence-electron chi connectivity index (χ1n) is 6.32. The van der Waals surface area contributed by atoms with Crippen LogP contribution >= 0.6 is 11.3 Å². The topological polar surface area (TPSA) is 15.3 Å². The zero-order valence-corrected chi connectivity index (χ0v) is 11.0. The average Bonchev–Trinajstić information content (AvgIpc) is 2.90. The molecule has 1 aliphatic heterocycles. The van der Waals surface area contributed by atoms with Crippen molar-refractivity contribution in [1.82, 2.24) is 10.2 Å². The van der Waals surface area contributed by atoms with E-state index in [1.54, 1.807) is 0 Å². The third kappa shape index (κ3) is 3.58. The Bertz CT molecular complexity index is 303. The molecule has 0 amide bonds. The largest absolute Gasteiger partial charge is 0.312 e. The number of thiophene rings is 1. The van der Waals surface area contributed by atoms with Crippen LogP contribution < -0.4 is 5.32 Å². The van der Waals surface area contributed by atoms with Gasteiger partial charge in [0.15, 0.2) is 0 Å². The third-order valence-electron chi connectivity index (χ3n) is 3.28. The molecule has 1 aliphatic rings. The minimum Gasteiger partial charge on any atom is -0.312 e. The fourth-order valence-corrected chi connectivity index (χ4v) is 3.10. The van der Waals surface area contributed by atoms with Crippen LogP contribution in [-0.4, -0.2) is 31.1 Å². The summed E-state index contributed by atoms with van der Waals surface area (Å²) in [6, 6.07) is 2.20. The van der Waals surface area contributed by atoms with Crippen molar-refractivity contribution in [1.29, 1.82) is 0 Å². The molecule has 0 bridgehead atoms. The summed E-state index contributed by atoms with van der Waals surface area (Å²) >= 11 is 1.86. The van der Waals surface area contributed by atoms with Gasteiger partial charge < -0.3 is 10.2 Å². The lowest BCUT2D eigenvalue weighted by atomic mass is 10.3. The first-order chi connectivity index (χ1) is 7.86. The fourth-order valence-electron chi connectivity index (χ4n) is 2.22. The van der Waals surface area contributed by atoms with E-state index in [1.165, 1.54) is 49.3 Å². The van der Waals surface area contributed by atoms with Gasteiger partial charge in [0.2, 0.25) is 0 Å². The van der Waals surface area contributed by atoms with Crippen LogP contribution in [0.2, 0.25) is 0 Å². The molecule has 0 unspecified atom stereocenters. The molecule has 0 aliphatic carbocycles. The van der Waals surface area contributed by atoms with Gasteiger partial charge in [0, 0.05) is 11.4 Å². The van der Waals surface area contributed by atoms with E-state index in [1.807, 2.05) is 11.3 Å².